The fourth-order valence-electron chi connectivity index (χ4n) is 2.45. The number of aromatic amines is 1. The number of carbonyl (C=O) groups is 1. The minimum atomic E-state index is -0.487. The van der Waals surface area contributed by atoms with Crippen molar-refractivity contribution in [2.45, 2.75) is 26.8 Å². The van der Waals surface area contributed by atoms with Crippen LogP contribution in [0.4, 0.5) is 5.95 Å². The number of rotatable bonds is 5. The maximum atomic E-state index is 12.5. The van der Waals surface area contributed by atoms with Crippen LogP contribution in [0.25, 0.3) is 5.78 Å². The van der Waals surface area contributed by atoms with Gasteiger partial charge in [0.1, 0.15) is 0 Å². The molecule has 1 aromatic carbocycles. The predicted molar refractivity (Wildman–Crippen MR) is 92.6 cm³/mol. The number of nitrogens with zero attached hydrogens (tertiary/aromatic N) is 3. The van der Waals surface area contributed by atoms with E-state index in [1.807, 2.05) is 31.2 Å². The molecule has 0 aliphatic heterocycles. The Balaban J connectivity index is 1.86. The average molecular weight is 341 g/mol. The summed E-state index contributed by atoms with van der Waals surface area (Å²) in [5, 5.41) is 6.00. The second-order valence-electron chi connectivity index (χ2n) is 5.78. The highest BCUT2D eigenvalue weighted by Crippen LogP contribution is 2.09. The summed E-state index contributed by atoms with van der Waals surface area (Å²) in [6, 6.07) is 8.11. The number of nitrogens with one attached hydrogen (secondary N) is 2. The second kappa shape index (κ2) is 6.76. The molecule has 0 saturated heterocycles. The molecular formula is C17H19N5O3. The maximum absolute atomic E-state index is 12.5. The minimum Gasteiger partial charge on any atom is -0.469 e. The van der Waals surface area contributed by atoms with Crippen LogP contribution in [0.2, 0.25) is 0 Å². The number of aromatic nitrogens is 4. The number of aryl methyl sites for hydroxylation is 2. The van der Waals surface area contributed by atoms with Gasteiger partial charge in [-0.25, -0.2) is 4.98 Å². The zero-order chi connectivity index (χ0) is 18.0. The zero-order valence-electron chi connectivity index (χ0n) is 14.3. The highest BCUT2D eigenvalue weighted by atomic mass is 16.5. The Hall–Kier alpha value is -3.16. The molecular weight excluding hydrogens is 322 g/mol. The zero-order valence-corrected chi connectivity index (χ0v) is 14.3. The maximum Gasteiger partial charge on any atom is 0.310 e. The number of esters is 1. The molecule has 25 heavy (non-hydrogen) atoms. The summed E-state index contributed by atoms with van der Waals surface area (Å²) in [7, 11) is 1.28. The van der Waals surface area contributed by atoms with Crippen molar-refractivity contribution in [1.29, 1.82) is 0 Å². The summed E-state index contributed by atoms with van der Waals surface area (Å²) in [5.41, 5.74) is 2.68. The molecule has 2 N–H and O–H groups in total. The van der Waals surface area contributed by atoms with Gasteiger partial charge in [-0.3, -0.25) is 14.7 Å². The van der Waals surface area contributed by atoms with E-state index in [1.54, 1.807) is 6.92 Å². The van der Waals surface area contributed by atoms with E-state index in [-0.39, 0.29) is 23.3 Å². The van der Waals surface area contributed by atoms with Gasteiger partial charge >= 0.3 is 5.97 Å². The lowest BCUT2D eigenvalue weighted by molar-refractivity contribution is -0.139. The minimum absolute atomic E-state index is 0.123. The van der Waals surface area contributed by atoms with Crippen molar-refractivity contribution >= 4 is 17.7 Å². The Morgan fingerprint density at radius 1 is 1.24 bits per heavy atom. The van der Waals surface area contributed by atoms with E-state index in [9.17, 15) is 9.59 Å². The Kier molecular flexibility index (Phi) is 4.51. The van der Waals surface area contributed by atoms with Crippen LogP contribution < -0.4 is 10.9 Å². The fraction of sp³-hybridized carbons (Fsp3) is 0.294. The first-order chi connectivity index (χ1) is 12.0. The van der Waals surface area contributed by atoms with Crippen molar-refractivity contribution in [2.75, 3.05) is 12.4 Å². The van der Waals surface area contributed by atoms with Gasteiger partial charge in [-0.2, -0.15) is 9.50 Å². The van der Waals surface area contributed by atoms with Gasteiger partial charge in [-0.05, 0) is 19.4 Å². The topological polar surface area (TPSA) is 101 Å². The molecule has 0 bridgehead atoms. The van der Waals surface area contributed by atoms with Crippen LogP contribution >= 0.6 is 0 Å². The lowest BCUT2D eigenvalue weighted by Crippen LogP contribution is -2.24. The van der Waals surface area contributed by atoms with Crippen molar-refractivity contribution in [3.63, 3.8) is 0 Å². The Morgan fingerprint density at radius 2 is 1.96 bits per heavy atom. The predicted octanol–water partition coefficient (Wildman–Crippen LogP) is 1.36. The van der Waals surface area contributed by atoms with Crippen molar-refractivity contribution in [3.05, 3.63) is 57.0 Å². The molecule has 130 valence electrons. The third-order valence-electron chi connectivity index (χ3n) is 3.92. The molecule has 2 heterocycles. The van der Waals surface area contributed by atoms with Gasteiger partial charge in [0.25, 0.3) is 11.3 Å². The second-order valence-corrected chi connectivity index (χ2v) is 5.78. The van der Waals surface area contributed by atoms with E-state index in [4.69, 9.17) is 0 Å². The Labute approximate surface area is 143 Å². The van der Waals surface area contributed by atoms with Gasteiger partial charge in [0, 0.05) is 6.54 Å². The number of hydrogen-bond donors (Lipinski definition) is 2. The monoisotopic (exact) mass is 341 g/mol. The van der Waals surface area contributed by atoms with Gasteiger partial charge in [-0.1, -0.05) is 29.8 Å². The van der Waals surface area contributed by atoms with E-state index in [0.29, 0.717) is 18.2 Å². The molecule has 0 unspecified atom stereocenters. The molecule has 2 aromatic heterocycles. The summed E-state index contributed by atoms with van der Waals surface area (Å²) >= 11 is 0. The number of benzene rings is 1. The first kappa shape index (κ1) is 16.7. The molecule has 0 spiro atoms. The summed E-state index contributed by atoms with van der Waals surface area (Å²) in [5.74, 6) is 0.196. The summed E-state index contributed by atoms with van der Waals surface area (Å²) in [6.45, 7) is 4.26. The summed E-state index contributed by atoms with van der Waals surface area (Å²) in [6.07, 6.45) is -0.123. The third kappa shape index (κ3) is 3.52. The third-order valence-corrected chi connectivity index (χ3v) is 3.92. The largest absolute Gasteiger partial charge is 0.469 e. The fourth-order valence-corrected chi connectivity index (χ4v) is 2.45. The highest BCUT2D eigenvalue weighted by molar-refractivity contribution is 5.72. The molecule has 0 saturated carbocycles. The van der Waals surface area contributed by atoms with Crippen molar-refractivity contribution in [3.8, 4) is 0 Å². The lowest BCUT2D eigenvalue weighted by atomic mass is 10.1. The van der Waals surface area contributed by atoms with E-state index in [0.717, 1.165) is 5.56 Å². The standard InChI is InChI=1S/C17H19N5O3/c1-10-4-6-12(7-5-10)9-18-16-20-17-19-11(2)13(8-14(23)25-3)15(24)22(17)21-16/h4-7H,8-9H2,1-3H3,(H2,18,19,20,21). The summed E-state index contributed by atoms with van der Waals surface area (Å²) in [4.78, 5) is 32.6. The van der Waals surface area contributed by atoms with Crippen LogP contribution in [0.5, 0.6) is 0 Å². The molecule has 0 aliphatic rings. The van der Waals surface area contributed by atoms with Gasteiger partial charge in [0.2, 0.25) is 5.95 Å². The van der Waals surface area contributed by atoms with Crippen LogP contribution in [-0.2, 0) is 22.5 Å². The van der Waals surface area contributed by atoms with E-state index in [1.165, 1.54) is 17.2 Å². The van der Waals surface area contributed by atoms with Gasteiger partial charge in [0.05, 0.1) is 24.8 Å². The van der Waals surface area contributed by atoms with Crippen LogP contribution in [0.1, 0.15) is 22.4 Å². The molecule has 0 radical (unpaired) electrons. The molecule has 0 atom stereocenters. The molecule has 8 nitrogen and oxygen atoms in total. The number of hydrogen-bond acceptors (Lipinski definition) is 6. The Morgan fingerprint density at radius 3 is 2.64 bits per heavy atom. The van der Waals surface area contributed by atoms with E-state index in [2.05, 4.69) is 25.1 Å². The molecule has 8 heteroatoms. The molecule has 0 aliphatic carbocycles. The van der Waals surface area contributed by atoms with E-state index >= 15 is 0 Å². The van der Waals surface area contributed by atoms with Crippen LogP contribution in [0.3, 0.4) is 0 Å². The molecule has 3 aromatic rings. The van der Waals surface area contributed by atoms with Gasteiger partial charge < -0.3 is 10.1 Å². The number of methoxy groups -OCH3 is 1. The SMILES string of the molecule is COC(=O)Cc1c(C)nc2nc(NCc3ccc(C)cc3)[nH]n2c1=O. The van der Waals surface area contributed by atoms with Gasteiger partial charge in [0.15, 0.2) is 0 Å². The lowest BCUT2D eigenvalue weighted by Gasteiger charge is -2.03. The Bertz CT molecular complexity index is 972. The van der Waals surface area contributed by atoms with Gasteiger partial charge in [-0.15, -0.1) is 0 Å². The number of anilines is 1. The van der Waals surface area contributed by atoms with E-state index < -0.39 is 5.97 Å². The number of H-pyrrole nitrogens is 1. The van der Waals surface area contributed by atoms with Crippen LogP contribution in [0.15, 0.2) is 29.1 Å². The van der Waals surface area contributed by atoms with Crippen molar-refractivity contribution in [2.24, 2.45) is 0 Å². The quantitative estimate of drug-likeness (QED) is 0.680. The average Bonchev–Trinajstić information content (AvgIpc) is 3.01. The van der Waals surface area contributed by atoms with Crippen LogP contribution in [0, 0.1) is 13.8 Å². The number of carbonyl (C=O) groups excluding carboxylic acids is 1. The van der Waals surface area contributed by atoms with Crippen molar-refractivity contribution < 1.29 is 9.53 Å². The first-order valence-electron chi connectivity index (χ1n) is 7.82. The molecule has 3 rings (SSSR count). The molecule has 0 amide bonds. The first-order valence-corrected chi connectivity index (χ1v) is 7.82. The summed E-state index contributed by atoms with van der Waals surface area (Å²) < 4.78 is 5.85. The highest BCUT2D eigenvalue weighted by Gasteiger charge is 2.16. The number of fused-ring (bicyclic) bond motifs is 1. The van der Waals surface area contributed by atoms with Crippen molar-refractivity contribution in [1.82, 2.24) is 19.6 Å². The number of ether oxygens (including phenoxy) is 1. The van der Waals surface area contributed by atoms with Crippen LogP contribution in [-0.4, -0.2) is 32.7 Å². The molecule has 0 fully saturated rings. The normalized spacial score (nSPS) is 10.8. The smallest absolute Gasteiger partial charge is 0.310 e.